The Hall–Kier alpha value is -3.42. The maximum atomic E-state index is 13.0. The molecule has 0 spiro atoms. The fourth-order valence-corrected chi connectivity index (χ4v) is 3.26. The second kappa shape index (κ2) is 7.45. The third kappa shape index (κ3) is 3.33. The van der Waals surface area contributed by atoms with Crippen molar-refractivity contribution in [1.29, 1.82) is 0 Å². The summed E-state index contributed by atoms with van der Waals surface area (Å²) in [4.78, 5) is 37.2. The van der Waals surface area contributed by atoms with Crippen molar-refractivity contribution in [3.05, 3.63) is 63.2 Å². The zero-order valence-electron chi connectivity index (χ0n) is 14.9. The van der Waals surface area contributed by atoms with E-state index in [1.807, 2.05) is 0 Å². The van der Waals surface area contributed by atoms with Gasteiger partial charge in [-0.05, 0) is 42.7 Å². The van der Waals surface area contributed by atoms with Gasteiger partial charge in [0.15, 0.2) is 5.75 Å². The van der Waals surface area contributed by atoms with E-state index in [0.29, 0.717) is 30.6 Å². The SMILES string of the molecule is COC(=O)c1cccc2c1CCCN2C(=O)c1ccc(OC)c([N+](=O)[O-])c1. The number of esters is 1. The van der Waals surface area contributed by atoms with Crippen LogP contribution in [0.2, 0.25) is 0 Å². The topological polar surface area (TPSA) is 99.0 Å². The van der Waals surface area contributed by atoms with Gasteiger partial charge in [-0.2, -0.15) is 0 Å². The minimum atomic E-state index is -0.588. The number of anilines is 1. The highest BCUT2D eigenvalue weighted by molar-refractivity contribution is 6.08. The van der Waals surface area contributed by atoms with Crippen LogP contribution in [0, 0.1) is 10.1 Å². The summed E-state index contributed by atoms with van der Waals surface area (Å²) >= 11 is 0. The monoisotopic (exact) mass is 370 g/mol. The number of fused-ring (bicyclic) bond motifs is 1. The van der Waals surface area contributed by atoms with Crippen molar-refractivity contribution < 1.29 is 24.0 Å². The van der Waals surface area contributed by atoms with Crippen molar-refractivity contribution in [2.75, 3.05) is 25.7 Å². The van der Waals surface area contributed by atoms with E-state index in [0.717, 1.165) is 5.56 Å². The van der Waals surface area contributed by atoms with Gasteiger partial charge in [0.1, 0.15) is 0 Å². The summed E-state index contributed by atoms with van der Waals surface area (Å²) in [6.07, 6.45) is 1.32. The number of nitro benzene ring substituents is 1. The van der Waals surface area contributed by atoms with Gasteiger partial charge in [-0.15, -0.1) is 0 Å². The normalized spacial score (nSPS) is 12.9. The summed E-state index contributed by atoms with van der Waals surface area (Å²) in [5.74, 6) is -0.742. The molecular formula is C19H18N2O6. The largest absolute Gasteiger partial charge is 0.490 e. The highest BCUT2D eigenvalue weighted by atomic mass is 16.6. The fraction of sp³-hybridized carbons (Fsp3) is 0.263. The third-order valence-corrected chi connectivity index (χ3v) is 4.52. The van der Waals surface area contributed by atoms with Gasteiger partial charge in [-0.1, -0.05) is 6.07 Å². The molecule has 0 aliphatic carbocycles. The summed E-state index contributed by atoms with van der Waals surface area (Å²) in [5.41, 5.74) is 1.69. The lowest BCUT2D eigenvalue weighted by Crippen LogP contribution is -2.36. The van der Waals surface area contributed by atoms with E-state index in [9.17, 15) is 19.7 Å². The number of amides is 1. The molecule has 0 aromatic heterocycles. The average Bonchev–Trinajstić information content (AvgIpc) is 2.71. The Labute approximate surface area is 155 Å². The highest BCUT2D eigenvalue weighted by Crippen LogP contribution is 2.33. The zero-order valence-corrected chi connectivity index (χ0v) is 14.9. The van der Waals surface area contributed by atoms with Crippen molar-refractivity contribution in [3.63, 3.8) is 0 Å². The van der Waals surface area contributed by atoms with Crippen molar-refractivity contribution in [2.45, 2.75) is 12.8 Å². The fourth-order valence-electron chi connectivity index (χ4n) is 3.26. The molecule has 8 nitrogen and oxygen atoms in total. The Morgan fingerprint density at radius 3 is 2.63 bits per heavy atom. The molecule has 2 aromatic rings. The number of nitrogens with zero attached hydrogens (tertiary/aromatic N) is 2. The van der Waals surface area contributed by atoms with Gasteiger partial charge >= 0.3 is 11.7 Å². The molecule has 140 valence electrons. The standard InChI is InChI=1S/C19H18N2O6/c1-26-17-9-8-12(11-16(17)21(24)25)18(22)20-10-4-6-13-14(19(23)27-2)5-3-7-15(13)20/h3,5,7-9,11H,4,6,10H2,1-2H3. The molecule has 0 unspecified atom stereocenters. The maximum absolute atomic E-state index is 13.0. The second-order valence-corrected chi connectivity index (χ2v) is 6.00. The van der Waals surface area contributed by atoms with Crippen LogP contribution in [0.1, 0.15) is 32.7 Å². The summed E-state index contributed by atoms with van der Waals surface area (Å²) < 4.78 is 9.80. The average molecular weight is 370 g/mol. The number of carbonyl (C=O) groups is 2. The van der Waals surface area contributed by atoms with Crippen LogP contribution >= 0.6 is 0 Å². The number of rotatable bonds is 4. The summed E-state index contributed by atoms with van der Waals surface area (Å²) in [6.45, 7) is 0.455. The summed E-state index contributed by atoms with van der Waals surface area (Å²) in [7, 11) is 2.64. The van der Waals surface area contributed by atoms with Crippen molar-refractivity contribution in [3.8, 4) is 5.75 Å². The number of ether oxygens (including phenoxy) is 2. The van der Waals surface area contributed by atoms with E-state index in [-0.39, 0.29) is 22.9 Å². The molecule has 0 radical (unpaired) electrons. The quantitative estimate of drug-likeness (QED) is 0.466. The van der Waals surface area contributed by atoms with Gasteiger partial charge < -0.3 is 14.4 Å². The Balaban J connectivity index is 2.02. The first kappa shape index (κ1) is 18.4. The van der Waals surface area contributed by atoms with Gasteiger partial charge in [0.2, 0.25) is 0 Å². The van der Waals surface area contributed by atoms with Gasteiger partial charge in [0.05, 0.1) is 24.7 Å². The summed E-state index contributed by atoms with van der Waals surface area (Å²) in [5, 5.41) is 11.2. The predicted octanol–water partition coefficient (Wildman–Crippen LogP) is 2.98. The van der Waals surface area contributed by atoms with Gasteiger partial charge in [0, 0.05) is 23.9 Å². The number of hydrogen-bond acceptors (Lipinski definition) is 6. The van der Waals surface area contributed by atoms with Crippen LogP contribution in [0.3, 0.4) is 0 Å². The minimum absolute atomic E-state index is 0.0866. The highest BCUT2D eigenvalue weighted by Gasteiger charge is 2.28. The van der Waals surface area contributed by atoms with E-state index in [1.165, 1.54) is 37.3 Å². The molecule has 0 fully saturated rings. The Morgan fingerprint density at radius 1 is 1.19 bits per heavy atom. The van der Waals surface area contributed by atoms with Crippen molar-refractivity contribution in [2.24, 2.45) is 0 Å². The molecule has 0 N–H and O–H groups in total. The molecule has 8 heteroatoms. The zero-order chi connectivity index (χ0) is 19.6. The van der Waals surface area contributed by atoms with Crippen LogP contribution in [0.25, 0.3) is 0 Å². The number of nitro groups is 1. The maximum Gasteiger partial charge on any atom is 0.338 e. The molecule has 1 amide bonds. The lowest BCUT2D eigenvalue weighted by Gasteiger charge is -2.30. The van der Waals surface area contributed by atoms with Crippen LogP contribution in [0.5, 0.6) is 5.75 Å². The van der Waals surface area contributed by atoms with Crippen LogP contribution in [0.4, 0.5) is 11.4 Å². The molecule has 1 heterocycles. The van der Waals surface area contributed by atoms with Crippen LogP contribution < -0.4 is 9.64 Å². The van der Waals surface area contributed by atoms with E-state index in [2.05, 4.69) is 0 Å². The lowest BCUT2D eigenvalue weighted by molar-refractivity contribution is -0.385. The molecule has 1 aliphatic heterocycles. The first-order valence-corrected chi connectivity index (χ1v) is 8.32. The Bertz CT molecular complexity index is 924. The molecule has 2 aromatic carbocycles. The number of carbonyl (C=O) groups excluding carboxylic acids is 2. The van der Waals surface area contributed by atoms with Gasteiger partial charge in [-0.3, -0.25) is 14.9 Å². The number of hydrogen-bond donors (Lipinski definition) is 0. The van der Waals surface area contributed by atoms with E-state index in [1.54, 1.807) is 18.2 Å². The first-order valence-electron chi connectivity index (χ1n) is 8.32. The van der Waals surface area contributed by atoms with E-state index >= 15 is 0 Å². The van der Waals surface area contributed by atoms with Crippen molar-refractivity contribution in [1.82, 2.24) is 0 Å². The third-order valence-electron chi connectivity index (χ3n) is 4.52. The van der Waals surface area contributed by atoms with Crippen LogP contribution in [0.15, 0.2) is 36.4 Å². The number of methoxy groups -OCH3 is 2. The molecule has 0 saturated heterocycles. The molecule has 0 atom stereocenters. The predicted molar refractivity (Wildman–Crippen MR) is 97.4 cm³/mol. The molecular weight excluding hydrogens is 352 g/mol. The summed E-state index contributed by atoms with van der Waals surface area (Å²) in [6, 6.07) is 9.22. The van der Waals surface area contributed by atoms with Crippen LogP contribution in [-0.2, 0) is 11.2 Å². The Morgan fingerprint density at radius 2 is 1.96 bits per heavy atom. The van der Waals surface area contributed by atoms with Crippen LogP contribution in [-0.4, -0.2) is 37.6 Å². The Kier molecular flexibility index (Phi) is 5.07. The first-order chi connectivity index (χ1) is 13.0. The molecule has 27 heavy (non-hydrogen) atoms. The van der Waals surface area contributed by atoms with Gasteiger partial charge in [-0.25, -0.2) is 4.79 Å². The van der Waals surface area contributed by atoms with E-state index in [4.69, 9.17) is 9.47 Å². The van der Waals surface area contributed by atoms with E-state index < -0.39 is 10.9 Å². The molecule has 0 bridgehead atoms. The smallest absolute Gasteiger partial charge is 0.338 e. The van der Waals surface area contributed by atoms with Gasteiger partial charge in [0.25, 0.3) is 5.91 Å². The second-order valence-electron chi connectivity index (χ2n) is 6.00. The molecule has 3 rings (SSSR count). The number of benzene rings is 2. The minimum Gasteiger partial charge on any atom is -0.490 e. The van der Waals surface area contributed by atoms with Crippen molar-refractivity contribution >= 4 is 23.3 Å². The molecule has 0 saturated carbocycles. The molecule has 1 aliphatic rings. The lowest BCUT2D eigenvalue weighted by atomic mass is 9.95.